The summed E-state index contributed by atoms with van der Waals surface area (Å²) in [5.74, 6) is -2.01. The van der Waals surface area contributed by atoms with Gasteiger partial charge >= 0.3 is 0 Å². The first-order valence-corrected chi connectivity index (χ1v) is 7.34. The van der Waals surface area contributed by atoms with Crippen molar-refractivity contribution < 1.29 is 13.6 Å². The van der Waals surface area contributed by atoms with Gasteiger partial charge in [-0.2, -0.15) is 0 Å². The topological polar surface area (TPSA) is 46.3 Å². The van der Waals surface area contributed by atoms with Crippen molar-refractivity contribution in [3.05, 3.63) is 53.6 Å². The summed E-state index contributed by atoms with van der Waals surface area (Å²) in [6.07, 6.45) is 0. The molecule has 0 unspecified atom stereocenters. The Morgan fingerprint density at radius 3 is 2.86 bits per heavy atom. The number of fused-ring (bicyclic) bond motifs is 1. The number of nitrogens with two attached hydrogens (primary N) is 1. The molecule has 2 N–H and O–H groups in total. The average Bonchev–Trinajstić information content (AvgIpc) is 2.48. The van der Waals surface area contributed by atoms with Gasteiger partial charge < -0.3 is 10.6 Å². The molecule has 0 saturated heterocycles. The molecule has 0 atom stereocenters. The number of nitrogen functional groups attached to an aromatic ring is 1. The highest BCUT2D eigenvalue weighted by molar-refractivity contribution is 7.99. The molecule has 1 aliphatic rings. The predicted octanol–water partition coefficient (Wildman–Crippen LogP) is 3.30. The van der Waals surface area contributed by atoms with E-state index >= 15 is 0 Å². The van der Waals surface area contributed by atoms with Crippen LogP contribution in [0.15, 0.2) is 41.3 Å². The van der Waals surface area contributed by atoms with Crippen molar-refractivity contribution in [1.29, 1.82) is 0 Å². The fourth-order valence-corrected chi connectivity index (χ4v) is 3.24. The summed E-state index contributed by atoms with van der Waals surface area (Å²) in [5, 5.41) is 0. The number of hydrogen-bond donors (Lipinski definition) is 1. The second kappa shape index (κ2) is 5.37. The van der Waals surface area contributed by atoms with Crippen molar-refractivity contribution >= 4 is 29.0 Å². The molecular formula is C15H12F2N2OS. The third kappa shape index (κ3) is 2.47. The third-order valence-electron chi connectivity index (χ3n) is 3.27. The van der Waals surface area contributed by atoms with Crippen LogP contribution in [0.4, 0.5) is 20.2 Å². The Balaban J connectivity index is 2.04. The number of halogens is 2. The molecule has 0 saturated carbocycles. The lowest BCUT2D eigenvalue weighted by molar-refractivity contribution is 0.0983. The van der Waals surface area contributed by atoms with Crippen LogP contribution in [0.3, 0.4) is 0 Å². The van der Waals surface area contributed by atoms with Crippen LogP contribution in [0, 0.1) is 11.6 Å². The van der Waals surface area contributed by atoms with E-state index in [1.807, 2.05) is 6.07 Å². The van der Waals surface area contributed by atoms with E-state index in [1.54, 1.807) is 23.9 Å². The number of amides is 1. The summed E-state index contributed by atoms with van der Waals surface area (Å²) in [6, 6.07) is 8.86. The van der Waals surface area contributed by atoms with E-state index in [2.05, 4.69) is 0 Å². The third-order valence-corrected chi connectivity index (χ3v) is 4.32. The molecule has 0 radical (unpaired) electrons. The lowest BCUT2D eigenvalue weighted by Crippen LogP contribution is -2.36. The largest absolute Gasteiger partial charge is 0.399 e. The summed E-state index contributed by atoms with van der Waals surface area (Å²) in [5.41, 5.74) is 6.65. The van der Waals surface area contributed by atoms with E-state index in [-0.39, 0.29) is 5.56 Å². The highest BCUT2D eigenvalue weighted by atomic mass is 32.2. The summed E-state index contributed by atoms with van der Waals surface area (Å²) >= 11 is 1.60. The molecule has 2 aromatic carbocycles. The zero-order valence-corrected chi connectivity index (χ0v) is 11.8. The Morgan fingerprint density at radius 1 is 1.24 bits per heavy atom. The first-order chi connectivity index (χ1) is 10.1. The minimum atomic E-state index is -1.12. The number of rotatable bonds is 1. The maximum Gasteiger partial charge on any atom is 0.261 e. The Bertz CT molecular complexity index is 721. The van der Waals surface area contributed by atoms with Crippen LogP contribution in [0.2, 0.25) is 0 Å². The van der Waals surface area contributed by atoms with E-state index in [0.29, 0.717) is 23.7 Å². The van der Waals surface area contributed by atoms with Gasteiger partial charge in [-0.25, -0.2) is 8.78 Å². The van der Waals surface area contributed by atoms with Crippen LogP contribution in [0.5, 0.6) is 0 Å². The van der Waals surface area contributed by atoms with Gasteiger partial charge in [-0.15, -0.1) is 11.8 Å². The highest BCUT2D eigenvalue weighted by Crippen LogP contribution is 2.37. The maximum absolute atomic E-state index is 13.8. The van der Waals surface area contributed by atoms with Gasteiger partial charge in [0.15, 0.2) is 11.6 Å². The lowest BCUT2D eigenvalue weighted by atomic mass is 10.1. The fourth-order valence-electron chi connectivity index (χ4n) is 2.26. The SMILES string of the molecule is Nc1ccc2c(c1)N(C(=O)c1cccc(F)c1F)CCS2. The Morgan fingerprint density at radius 2 is 2.05 bits per heavy atom. The number of carbonyl (C=O) groups is 1. The normalized spacial score (nSPS) is 13.9. The molecule has 3 nitrogen and oxygen atoms in total. The van der Waals surface area contributed by atoms with Crippen LogP contribution in [-0.2, 0) is 0 Å². The van der Waals surface area contributed by atoms with Gasteiger partial charge in [-0.3, -0.25) is 4.79 Å². The minimum absolute atomic E-state index is 0.268. The lowest BCUT2D eigenvalue weighted by Gasteiger charge is -2.29. The van der Waals surface area contributed by atoms with Crippen molar-refractivity contribution in [1.82, 2.24) is 0 Å². The van der Waals surface area contributed by atoms with E-state index in [1.165, 1.54) is 17.0 Å². The first kappa shape index (κ1) is 13.9. The molecule has 21 heavy (non-hydrogen) atoms. The number of benzene rings is 2. The monoisotopic (exact) mass is 306 g/mol. The fraction of sp³-hybridized carbons (Fsp3) is 0.133. The van der Waals surface area contributed by atoms with E-state index < -0.39 is 17.5 Å². The molecular weight excluding hydrogens is 294 g/mol. The van der Waals surface area contributed by atoms with Crippen molar-refractivity contribution in [3.63, 3.8) is 0 Å². The molecule has 0 aliphatic carbocycles. The molecule has 0 aromatic heterocycles. The summed E-state index contributed by atoms with van der Waals surface area (Å²) in [6.45, 7) is 0.426. The van der Waals surface area contributed by atoms with Gasteiger partial charge in [-0.05, 0) is 30.3 Å². The molecule has 0 spiro atoms. The van der Waals surface area contributed by atoms with E-state index in [9.17, 15) is 13.6 Å². The number of thioether (sulfide) groups is 1. The summed E-state index contributed by atoms with van der Waals surface area (Å²) < 4.78 is 27.1. The van der Waals surface area contributed by atoms with Crippen molar-refractivity contribution in [2.75, 3.05) is 22.9 Å². The smallest absolute Gasteiger partial charge is 0.261 e. The average molecular weight is 306 g/mol. The minimum Gasteiger partial charge on any atom is -0.399 e. The van der Waals surface area contributed by atoms with Gasteiger partial charge in [0.1, 0.15) is 0 Å². The van der Waals surface area contributed by atoms with Crippen LogP contribution in [0.1, 0.15) is 10.4 Å². The molecule has 1 amide bonds. The second-order valence-electron chi connectivity index (χ2n) is 4.63. The van der Waals surface area contributed by atoms with Gasteiger partial charge in [-0.1, -0.05) is 6.07 Å². The molecule has 1 aliphatic heterocycles. The second-order valence-corrected chi connectivity index (χ2v) is 5.77. The Kier molecular flexibility index (Phi) is 3.55. The van der Waals surface area contributed by atoms with Gasteiger partial charge in [0.25, 0.3) is 5.91 Å². The number of hydrogen-bond acceptors (Lipinski definition) is 3. The van der Waals surface area contributed by atoms with Gasteiger partial charge in [0.2, 0.25) is 0 Å². The van der Waals surface area contributed by atoms with E-state index in [4.69, 9.17) is 5.73 Å². The maximum atomic E-state index is 13.8. The summed E-state index contributed by atoms with van der Waals surface area (Å²) in [7, 11) is 0. The number of carbonyl (C=O) groups excluding carboxylic acids is 1. The first-order valence-electron chi connectivity index (χ1n) is 6.36. The Hall–Kier alpha value is -2.08. The van der Waals surface area contributed by atoms with Crippen LogP contribution < -0.4 is 10.6 Å². The van der Waals surface area contributed by atoms with Crippen molar-refractivity contribution in [3.8, 4) is 0 Å². The van der Waals surface area contributed by atoms with E-state index in [0.717, 1.165) is 11.0 Å². The summed E-state index contributed by atoms with van der Waals surface area (Å²) in [4.78, 5) is 14.9. The highest BCUT2D eigenvalue weighted by Gasteiger charge is 2.26. The molecule has 2 aromatic rings. The van der Waals surface area contributed by atoms with Gasteiger partial charge in [0.05, 0.1) is 11.3 Å². The number of anilines is 2. The molecule has 6 heteroatoms. The van der Waals surface area contributed by atoms with Crippen LogP contribution in [-0.4, -0.2) is 18.2 Å². The number of nitrogens with zero attached hydrogens (tertiary/aromatic N) is 1. The predicted molar refractivity (Wildman–Crippen MR) is 79.6 cm³/mol. The van der Waals surface area contributed by atoms with Crippen LogP contribution >= 0.6 is 11.8 Å². The zero-order valence-electron chi connectivity index (χ0n) is 11.0. The van der Waals surface area contributed by atoms with Gasteiger partial charge in [0, 0.05) is 22.9 Å². The molecule has 0 bridgehead atoms. The zero-order chi connectivity index (χ0) is 15.0. The molecule has 108 valence electrons. The Labute approximate surface area is 124 Å². The quantitative estimate of drug-likeness (QED) is 0.822. The van der Waals surface area contributed by atoms with Crippen molar-refractivity contribution in [2.24, 2.45) is 0 Å². The molecule has 3 rings (SSSR count). The standard InChI is InChI=1S/C15H12F2N2OS/c16-11-3-1-2-10(14(11)17)15(20)19-6-7-21-13-5-4-9(18)8-12(13)19/h1-5,8H,6-7,18H2. The van der Waals surface area contributed by atoms with Crippen molar-refractivity contribution in [2.45, 2.75) is 4.90 Å². The van der Waals surface area contributed by atoms with Crippen LogP contribution in [0.25, 0.3) is 0 Å². The molecule has 0 fully saturated rings. The molecule has 1 heterocycles.